The first kappa shape index (κ1) is 20.2. The zero-order valence-electron chi connectivity index (χ0n) is 17.4. The van der Waals surface area contributed by atoms with Crippen molar-refractivity contribution in [2.24, 2.45) is 20.0 Å². The second-order valence-corrected chi connectivity index (χ2v) is 7.39. The molecule has 0 spiro atoms. The van der Waals surface area contributed by atoms with Crippen LogP contribution in [0.15, 0.2) is 80.6 Å². The lowest BCUT2D eigenvalue weighted by atomic mass is 9.97. The van der Waals surface area contributed by atoms with Crippen molar-refractivity contribution in [3.8, 4) is 24.8 Å². The summed E-state index contributed by atoms with van der Waals surface area (Å²) in [5.74, 6) is 0. The predicted molar refractivity (Wildman–Crippen MR) is 124 cm³/mol. The van der Waals surface area contributed by atoms with Gasteiger partial charge in [0.25, 0.3) is 0 Å². The molecule has 34 heavy (non-hydrogen) atoms. The highest BCUT2D eigenvalue weighted by atomic mass is 14.8. The zero-order valence-corrected chi connectivity index (χ0v) is 17.4. The molecule has 0 bridgehead atoms. The van der Waals surface area contributed by atoms with Gasteiger partial charge in [0.05, 0.1) is 0 Å². The van der Waals surface area contributed by atoms with Gasteiger partial charge in [0.1, 0.15) is 21.4 Å². The lowest BCUT2D eigenvalue weighted by Crippen LogP contribution is -2.49. The number of hydrogen-bond donors (Lipinski definition) is 0. The highest BCUT2D eigenvalue weighted by molar-refractivity contribution is 6.07. The Balaban J connectivity index is 2.08. The van der Waals surface area contributed by atoms with Crippen LogP contribution in [0.5, 0.6) is 0 Å². The summed E-state index contributed by atoms with van der Waals surface area (Å²) in [5, 5.41) is 44.0. The first-order valence-corrected chi connectivity index (χ1v) is 9.97. The largest absolute Gasteiger partial charge is 0.206 e. The number of fused-ring (bicyclic) bond motifs is 4. The number of hydrogen-bond acceptors (Lipinski definition) is 8. The lowest BCUT2D eigenvalue weighted by molar-refractivity contribution is 1.13. The molecule has 8 heteroatoms. The molecule has 0 unspecified atom stereocenters. The first-order valence-electron chi connectivity index (χ1n) is 9.97. The van der Waals surface area contributed by atoms with Crippen LogP contribution in [0.1, 0.15) is 0 Å². The number of benzene rings is 5. The molecule has 5 aromatic carbocycles. The molecular weight excluding hydrogens is 424 g/mol. The van der Waals surface area contributed by atoms with E-state index in [4.69, 9.17) is 0 Å². The van der Waals surface area contributed by atoms with Crippen LogP contribution in [0.2, 0.25) is 0 Å². The first-order chi connectivity index (χ1) is 16.7. The molecule has 0 aromatic heterocycles. The van der Waals surface area contributed by atoms with Gasteiger partial charge in [0, 0.05) is 10.8 Å². The van der Waals surface area contributed by atoms with Gasteiger partial charge in [-0.15, -0.1) is 0 Å². The summed E-state index contributed by atoms with van der Waals surface area (Å²) in [5.41, 5.74) is 0. The Kier molecular flexibility index (Phi) is 4.81. The summed E-state index contributed by atoms with van der Waals surface area (Å²) in [7, 11) is 0. The van der Waals surface area contributed by atoms with Crippen molar-refractivity contribution in [2.45, 2.75) is 0 Å². The van der Waals surface area contributed by atoms with Crippen LogP contribution in [0, 0.1) is 45.8 Å². The number of rotatable bonds is 0. The van der Waals surface area contributed by atoms with Crippen molar-refractivity contribution in [3.63, 3.8) is 0 Å². The van der Waals surface area contributed by atoms with E-state index in [9.17, 15) is 21.0 Å². The van der Waals surface area contributed by atoms with Crippen molar-refractivity contribution in [2.75, 3.05) is 0 Å². The predicted octanol–water partition coefficient (Wildman–Crippen LogP) is 2.70. The van der Waals surface area contributed by atoms with Crippen molar-refractivity contribution in [1.82, 2.24) is 0 Å². The van der Waals surface area contributed by atoms with Crippen LogP contribution in [-0.4, -0.2) is 0 Å². The van der Waals surface area contributed by atoms with Crippen LogP contribution in [0.25, 0.3) is 43.1 Å². The molecule has 0 aliphatic heterocycles. The molecule has 0 N–H and O–H groups in total. The maximum absolute atomic E-state index is 9.31. The molecule has 0 radical (unpaired) electrons. The molecule has 0 aliphatic rings. The van der Waals surface area contributed by atoms with Gasteiger partial charge in [-0.05, 0) is 68.7 Å². The second kappa shape index (κ2) is 8.09. The smallest absolute Gasteiger partial charge is 0.171 e. The Morgan fingerprint density at radius 3 is 1.12 bits per heavy atom. The average Bonchev–Trinajstić information content (AvgIpc) is 2.84. The van der Waals surface area contributed by atoms with Gasteiger partial charge >= 0.3 is 0 Å². The van der Waals surface area contributed by atoms with Crippen LogP contribution in [0.3, 0.4) is 0 Å². The topological polar surface area (TPSA) is 145 Å². The van der Waals surface area contributed by atoms with Crippen LogP contribution in [0.4, 0.5) is 0 Å². The molecule has 5 rings (SSSR count). The lowest BCUT2D eigenvalue weighted by Gasteiger charge is -2.07. The quantitative estimate of drug-likeness (QED) is 0.272. The zero-order chi connectivity index (χ0) is 23.7. The summed E-state index contributed by atoms with van der Waals surface area (Å²) < 4.78 is 0. The fourth-order valence-electron chi connectivity index (χ4n) is 4.25. The third kappa shape index (κ3) is 3.13. The molecule has 0 atom stereocenters. The SMILES string of the molecule is N#CN=c1c(=NC#N)c(=NC#N)c2cc3cc4cc5ccccc5cc4cc3cc2c1=NC#N. The molecular formula is C26H10N8. The third-order valence-electron chi connectivity index (χ3n) is 5.63. The fraction of sp³-hybridized carbons (Fsp3) is 0. The van der Waals surface area contributed by atoms with E-state index in [-0.39, 0.29) is 21.4 Å². The van der Waals surface area contributed by atoms with E-state index < -0.39 is 0 Å². The highest BCUT2D eigenvalue weighted by Gasteiger charge is 2.11. The summed E-state index contributed by atoms with van der Waals surface area (Å²) in [6, 6.07) is 20.0. The molecule has 0 saturated heterocycles. The van der Waals surface area contributed by atoms with Gasteiger partial charge < -0.3 is 0 Å². The van der Waals surface area contributed by atoms with Crippen molar-refractivity contribution in [1.29, 1.82) is 21.0 Å². The second-order valence-electron chi connectivity index (χ2n) is 7.39. The standard InChI is InChI=1S/C26H10N8/c27-11-31-23-21-9-19-7-17-5-15-3-1-2-4-16(15)6-18(17)8-20(19)10-22(21)24(32-12-28)26(34-14-30)25(23)33-13-29/h1-10H. The van der Waals surface area contributed by atoms with E-state index >= 15 is 0 Å². The minimum absolute atomic E-state index is 0.0850. The Labute approximate surface area is 191 Å². The molecule has 0 aliphatic carbocycles. The summed E-state index contributed by atoms with van der Waals surface area (Å²) in [6.07, 6.45) is 6.77. The van der Waals surface area contributed by atoms with Crippen molar-refractivity contribution >= 4 is 43.1 Å². The summed E-state index contributed by atoms with van der Waals surface area (Å²) in [4.78, 5) is 15.2. The van der Waals surface area contributed by atoms with E-state index in [1.54, 1.807) is 24.8 Å². The Morgan fingerprint density at radius 1 is 0.412 bits per heavy atom. The fourth-order valence-corrected chi connectivity index (χ4v) is 4.25. The Bertz CT molecular complexity index is 1960. The van der Waals surface area contributed by atoms with E-state index in [1.807, 2.05) is 36.4 Å². The van der Waals surface area contributed by atoms with Crippen LogP contribution < -0.4 is 21.4 Å². The van der Waals surface area contributed by atoms with Crippen molar-refractivity contribution in [3.05, 3.63) is 82.1 Å². The van der Waals surface area contributed by atoms with Crippen LogP contribution >= 0.6 is 0 Å². The summed E-state index contributed by atoms with van der Waals surface area (Å²) >= 11 is 0. The molecule has 0 saturated carbocycles. The summed E-state index contributed by atoms with van der Waals surface area (Å²) in [6.45, 7) is 0. The molecule has 154 valence electrons. The van der Waals surface area contributed by atoms with Gasteiger partial charge in [-0.25, -0.2) is 0 Å². The number of nitriles is 4. The van der Waals surface area contributed by atoms with Gasteiger partial charge in [0.2, 0.25) is 24.8 Å². The van der Waals surface area contributed by atoms with Crippen LogP contribution in [-0.2, 0) is 0 Å². The maximum Gasteiger partial charge on any atom is 0.206 e. The van der Waals surface area contributed by atoms with E-state index in [2.05, 4.69) is 44.2 Å². The third-order valence-corrected chi connectivity index (χ3v) is 5.63. The van der Waals surface area contributed by atoms with Gasteiger partial charge in [-0.2, -0.15) is 41.0 Å². The number of nitrogens with zero attached hydrogens (tertiary/aromatic N) is 8. The molecule has 5 aromatic rings. The normalized spacial score (nSPS) is 13.3. The van der Waals surface area contributed by atoms with Gasteiger partial charge in [0.15, 0.2) is 0 Å². The molecule has 0 amide bonds. The van der Waals surface area contributed by atoms with E-state index in [0.717, 1.165) is 32.3 Å². The van der Waals surface area contributed by atoms with E-state index in [0.29, 0.717) is 10.8 Å². The highest BCUT2D eigenvalue weighted by Crippen LogP contribution is 2.28. The molecule has 0 fully saturated rings. The average molecular weight is 434 g/mol. The Morgan fingerprint density at radius 2 is 0.735 bits per heavy atom. The monoisotopic (exact) mass is 434 g/mol. The van der Waals surface area contributed by atoms with Gasteiger partial charge in [-0.3, -0.25) is 0 Å². The minimum Gasteiger partial charge on any atom is -0.171 e. The Hall–Kier alpha value is -5.70. The molecule has 0 heterocycles. The van der Waals surface area contributed by atoms with E-state index in [1.165, 1.54) is 0 Å². The maximum atomic E-state index is 9.31. The van der Waals surface area contributed by atoms with Gasteiger partial charge in [-0.1, -0.05) is 24.3 Å². The van der Waals surface area contributed by atoms with Crippen molar-refractivity contribution < 1.29 is 0 Å². The molecule has 8 nitrogen and oxygen atoms in total. The minimum atomic E-state index is -0.0850.